The molecule has 1 aromatic rings. The van der Waals surface area contributed by atoms with Crippen LogP contribution in [0.2, 0.25) is 0 Å². The zero-order valence-electron chi connectivity index (χ0n) is 5.73. The molecular weight excluding hydrogens is 131 g/mol. The van der Waals surface area contributed by atoms with Gasteiger partial charge in [0.2, 0.25) is 0 Å². The zero-order valence-corrected chi connectivity index (χ0v) is 5.73. The van der Waals surface area contributed by atoms with E-state index in [-0.39, 0.29) is 12.4 Å². The van der Waals surface area contributed by atoms with Gasteiger partial charge >= 0.3 is 0 Å². The van der Waals surface area contributed by atoms with Gasteiger partial charge in [-0.3, -0.25) is 0 Å². The molecule has 0 aliphatic carbocycles. The summed E-state index contributed by atoms with van der Waals surface area (Å²) in [6.45, 7) is 1.45. The van der Waals surface area contributed by atoms with Crippen molar-refractivity contribution >= 4 is 0 Å². The van der Waals surface area contributed by atoms with Crippen LogP contribution >= 0.6 is 0 Å². The maximum Gasteiger partial charge on any atom is 0.123 e. The summed E-state index contributed by atoms with van der Waals surface area (Å²) in [6.07, 6.45) is 0. The first-order valence-corrected chi connectivity index (χ1v) is 3.07. The monoisotopic (exact) mass is 139 g/mol. The van der Waals surface area contributed by atoms with Crippen LogP contribution < -0.4 is 0 Å². The number of aryl methyl sites for hydroxylation is 1. The van der Waals surface area contributed by atoms with Gasteiger partial charge in [-0.05, 0) is 30.2 Å². The van der Waals surface area contributed by atoms with Crippen LogP contribution in [0.1, 0.15) is 11.1 Å². The van der Waals surface area contributed by atoms with E-state index in [0.29, 0.717) is 5.56 Å². The van der Waals surface area contributed by atoms with Crippen molar-refractivity contribution in [3.63, 3.8) is 0 Å². The molecule has 2 heteroatoms. The molecule has 1 nitrogen and oxygen atoms in total. The lowest BCUT2D eigenvalue weighted by Crippen LogP contribution is -1.87. The van der Waals surface area contributed by atoms with Crippen molar-refractivity contribution < 1.29 is 9.50 Å². The number of halogens is 1. The Morgan fingerprint density at radius 3 is 2.70 bits per heavy atom. The van der Waals surface area contributed by atoms with E-state index in [2.05, 4.69) is 0 Å². The molecule has 0 saturated carbocycles. The van der Waals surface area contributed by atoms with E-state index in [4.69, 9.17) is 0 Å². The standard InChI is InChI=1S/C8H8FO/c1-6-2-3-8(9)4-7(6)5-10/h2-4H,5H2,1H3. The average Bonchev–Trinajstić information content (AvgIpc) is 1.94. The second-order valence-electron chi connectivity index (χ2n) is 2.22. The van der Waals surface area contributed by atoms with Gasteiger partial charge in [0.25, 0.3) is 0 Å². The average molecular weight is 139 g/mol. The molecule has 0 N–H and O–H groups in total. The van der Waals surface area contributed by atoms with E-state index in [1.807, 2.05) is 0 Å². The van der Waals surface area contributed by atoms with E-state index in [1.54, 1.807) is 13.0 Å². The summed E-state index contributed by atoms with van der Waals surface area (Å²) in [6, 6.07) is 4.25. The van der Waals surface area contributed by atoms with Crippen LogP contribution in [0.5, 0.6) is 0 Å². The van der Waals surface area contributed by atoms with Gasteiger partial charge in [0, 0.05) is 0 Å². The molecule has 10 heavy (non-hydrogen) atoms. The van der Waals surface area contributed by atoms with Crippen molar-refractivity contribution in [2.24, 2.45) is 0 Å². The first-order chi connectivity index (χ1) is 4.74. The predicted molar refractivity (Wildman–Crippen MR) is 35.5 cm³/mol. The molecule has 1 radical (unpaired) electrons. The third-order valence-electron chi connectivity index (χ3n) is 1.47. The summed E-state index contributed by atoms with van der Waals surface area (Å²) in [4.78, 5) is 0. The quantitative estimate of drug-likeness (QED) is 0.567. The maximum absolute atomic E-state index is 12.4. The molecule has 0 fully saturated rings. The van der Waals surface area contributed by atoms with Crippen LogP contribution in [0, 0.1) is 12.7 Å². The molecule has 0 saturated heterocycles. The van der Waals surface area contributed by atoms with E-state index < -0.39 is 0 Å². The van der Waals surface area contributed by atoms with E-state index in [9.17, 15) is 9.50 Å². The first-order valence-electron chi connectivity index (χ1n) is 3.07. The van der Waals surface area contributed by atoms with Gasteiger partial charge < -0.3 is 0 Å². The summed E-state index contributed by atoms with van der Waals surface area (Å²) < 4.78 is 12.4. The smallest absolute Gasteiger partial charge is 0.123 e. The largest absolute Gasteiger partial charge is 0.232 e. The number of benzene rings is 1. The molecule has 0 spiro atoms. The second-order valence-corrected chi connectivity index (χ2v) is 2.22. The fourth-order valence-electron chi connectivity index (χ4n) is 0.796. The lowest BCUT2D eigenvalue weighted by atomic mass is 10.1. The van der Waals surface area contributed by atoms with E-state index in [0.717, 1.165) is 5.56 Å². The lowest BCUT2D eigenvalue weighted by molar-refractivity contribution is 0.176. The Morgan fingerprint density at radius 1 is 1.50 bits per heavy atom. The molecule has 0 aliphatic rings. The summed E-state index contributed by atoms with van der Waals surface area (Å²) in [7, 11) is 0. The van der Waals surface area contributed by atoms with Crippen LogP contribution in [0.25, 0.3) is 0 Å². The van der Waals surface area contributed by atoms with Crippen LogP contribution in [0.15, 0.2) is 18.2 Å². The fourth-order valence-corrected chi connectivity index (χ4v) is 0.796. The summed E-state index contributed by atoms with van der Waals surface area (Å²) in [5.74, 6) is -0.337. The van der Waals surface area contributed by atoms with E-state index in [1.165, 1.54) is 12.1 Å². The molecular formula is C8H8FO. The molecule has 53 valence electrons. The number of rotatable bonds is 1. The van der Waals surface area contributed by atoms with Gasteiger partial charge in [-0.2, -0.15) is 0 Å². The molecule has 1 aromatic carbocycles. The third kappa shape index (κ3) is 1.33. The van der Waals surface area contributed by atoms with Gasteiger partial charge in [0.05, 0.1) is 0 Å². The van der Waals surface area contributed by atoms with Gasteiger partial charge in [-0.1, -0.05) is 6.07 Å². The first kappa shape index (κ1) is 7.22. The Morgan fingerprint density at radius 2 is 2.20 bits per heavy atom. The molecule has 0 amide bonds. The minimum Gasteiger partial charge on any atom is -0.232 e. The minimum atomic E-state index is -0.344. The highest BCUT2D eigenvalue weighted by Crippen LogP contribution is 2.09. The molecule has 0 aliphatic heterocycles. The van der Waals surface area contributed by atoms with Crippen LogP contribution in [-0.2, 0) is 11.7 Å². The van der Waals surface area contributed by atoms with Gasteiger partial charge in [-0.15, -0.1) is 0 Å². The summed E-state index contributed by atoms with van der Waals surface area (Å²) >= 11 is 0. The summed E-state index contributed by atoms with van der Waals surface area (Å²) in [5.41, 5.74) is 1.40. The van der Waals surface area contributed by atoms with Crippen molar-refractivity contribution in [1.29, 1.82) is 0 Å². The minimum absolute atomic E-state index is 0.337. The lowest BCUT2D eigenvalue weighted by Gasteiger charge is -1.98. The molecule has 0 atom stereocenters. The number of hydrogen-bond donors (Lipinski definition) is 0. The molecule has 0 unspecified atom stereocenters. The molecule has 0 aromatic heterocycles. The highest BCUT2D eigenvalue weighted by atomic mass is 19.1. The van der Waals surface area contributed by atoms with Gasteiger partial charge in [-0.25, -0.2) is 9.50 Å². The Balaban J connectivity index is 3.09. The molecule has 1 rings (SSSR count). The van der Waals surface area contributed by atoms with Crippen molar-refractivity contribution in [3.8, 4) is 0 Å². The van der Waals surface area contributed by atoms with Gasteiger partial charge in [0.15, 0.2) is 0 Å². The van der Waals surface area contributed by atoms with Crippen LogP contribution in [-0.4, -0.2) is 0 Å². The normalized spacial score (nSPS) is 9.90. The highest BCUT2D eigenvalue weighted by molar-refractivity contribution is 5.25. The van der Waals surface area contributed by atoms with Gasteiger partial charge in [0.1, 0.15) is 12.4 Å². The topological polar surface area (TPSA) is 19.9 Å². The van der Waals surface area contributed by atoms with Crippen molar-refractivity contribution in [3.05, 3.63) is 35.1 Å². The fraction of sp³-hybridized carbons (Fsp3) is 0.250. The van der Waals surface area contributed by atoms with Crippen molar-refractivity contribution in [2.75, 3.05) is 0 Å². The Hall–Kier alpha value is -0.890. The number of hydrogen-bond acceptors (Lipinski definition) is 0. The zero-order chi connectivity index (χ0) is 7.56. The predicted octanol–water partition coefficient (Wildman–Crippen LogP) is 2.06. The Kier molecular flexibility index (Phi) is 2.02. The third-order valence-corrected chi connectivity index (χ3v) is 1.47. The second kappa shape index (κ2) is 2.80. The maximum atomic E-state index is 12.4. The molecule has 0 heterocycles. The summed E-state index contributed by atoms with van der Waals surface area (Å²) in [5, 5.41) is 10.3. The highest BCUT2D eigenvalue weighted by Gasteiger charge is 1.97. The van der Waals surface area contributed by atoms with Crippen LogP contribution in [0.4, 0.5) is 4.39 Å². The molecule has 0 bridgehead atoms. The van der Waals surface area contributed by atoms with E-state index >= 15 is 0 Å². The Bertz CT molecular complexity index is 233. The van der Waals surface area contributed by atoms with Crippen molar-refractivity contribution in [2.45, 2.75) is 13.5 Å². The Labute approximate surface area is 59.1 Å². The van der Waals surface area contributed by atoms with Crippen LogP contribution in [0.3, 0.4) is 0 Å². The van der Waals surface area contributed by atoms with Crippen molar-refractivity contribution in [1.82, 2.24) is 0 Å². The SMILES string of the molecule is Cc1ccc(F)cc1C[O].